The zero-order chi connectivity index (χ0) is 18.2. The summed E-state index contributed by atoms with van der Waals surface area (Å²) in [5, 5.41) is 5.06. The predicted molar refractivity (Wildman–Crippen MR) is 89.8 cm³/mol. The van der Waals surface area contributed by atoms with Gasteiger partial charge in [0.25, 0.3) is 5.91 Å². The average Bonchev–Trinajstić information content (AvgIpc) is 2.55. The highest BCUT2D eigenvalue weighted by molar-refractivity contribution is 8.00. The Morgan fingerprint density at radius 3 is 2.48 bits per heavy atom. The van der Waals surface area contributed by atoms with E-state index in [1.807, 2.05) is 0 Å². The molecule has 1 aliphatic rings. The fourth-order valence-electron chi connectivity index (χ4n) is 2.30. The van der Waals surface area contributed by atoms with Crippen molar-refractivity contribution in [1.82, 2.24) is 0 Å². The van der Waals surface area contributed by atoms with E-state index in [1.165, 1.54) is 23.9 Å². The number of hydrogen-bond donors (Lipinski definition) is 2. The zero-order valence-electron chi connectivity index (χ0n) is 13.0. The van der Waals surface area contributed by atoms with Crippen LogP contribution in [-0.2, 0) is 11.0 Å². The lowest BCUT2D eigenvalue weighted by molar-refractivity contribution is -0.137. The van der Waals surface area contributed by atoms with Crippen LogP contribution in [0.15, 0.2) is 47.4 Å². The first-order valence-corrected chi connectivity index (χ1v) is 8.22. The highest BCUT2D eigenvalue weighted by Gasteiger charge is 2.30. The molecule has 0 saturated carbocycles. The van der Waals surface area contributed by atoms with Crippen molar-refractivity contribution in [3.63, 3.8) is 0 Å². The lowest BCUT2D eigenvalue weighted by Crippen LogP contribution is -2.26. The Morgan fingerprint density at radius 1 is 1.16 bits per heavy atom. The van der Waals surface area contributed by atoms with Gasteiger partial charge in [0.1, 0.15) is 0 Å². The van der Waals surface area contributed by atoms with Gasteiger partial charge in [0.05, 0.1) is 16.5 Å². The van der Waals surface area contributed by atoms with Crippen LogP contribution in [0.5, 0.6) is 0 Å². The maximum absolute atomic E-state index is 12.5. The number of benzene rings is 2. The minimum atomic E-state index is -4.42. The van der Waals surface area contributed by atoms with Gasteiger partial charge in [-0.05, 0) is 49.4 Å². The third-order valence-electron chi connectivity index (χ3n) is 3.64. The molecule has 0 radical (unpaired) electrons. The number of amides is 2. The van der Waals surface area contributed by atoms with Crippen molar-refractivity contribution in [3.8, 4) is 0 Å². The minimum absolute atomic E-state index is 0.141. The summed E-state index contributed by atoms with van der Waals surface area (Å²) < 4.78 is 37.6. The Morgan fingerprint density at radius 2 is 1.84 bits per heavy atom. The van der Waals surface area contributed by atoms with Gasteiger partial charge in [-0.3, -0.25) is 9.59 Å². The number of hydrogen-bond acceptors (Lipinski definition) is 3. The molecule has 0 fully saturated rings. The standard InChI is InChI=1S/C17H13F3N2O2S/c1-9-15(23)22-13-8-10(2-7-14(13)25-9)16(24)21-12-5-3-11(4-6-12)17(18,19)20/h2-9H,1H3,(H,21,24)(H,22,23). The van der Waals surface area contributed by atoms with E-state index in [0.29, 0.717) is 11.3 Å². The quantitative estimate of drug-likeness (QED) is 0.829. The SMILES string of the molecule is CC1Sc2ccc(C(=O)Nc3ccc(C(F)(F)F)cc3)cc2NC1=O. The number of alkyl halides is 3. The van der Waals surface area contributed by atoms with Gasteiger partial charge in [0, 0.05) is 16.1 Å². The Kier molecular flexibility index (Phi) is 4.47. The van der Waals surface area contributed by atoms with Crippen molar-refractivity contribution in [2.24, 2.45) is 0 Å². The molecule has 1 aliphatic heterocycles. The van der Waals surface area contributed by atoms with Crippen LogP contribution in [0, 0.1) is 0 Å². The molecule has 0 spiro atoms. The van der Waals surface area contributed by atoms with E-state index in [4.69, 9.17) is 0 Å². The average molecular weight is 366 g/mol. The van der Waals surface area contributed by atoms with Crippen LogP contribution >= 0.6 is 11.8 Å². The molecule has 2 amide bonds. The van der Waals surface area contributed by atoms with Gasteiger partial charge in [0.2, 0.25) is 5.91 Å². The predicted octanol–water partition coefficient (Wildman–Crippen LogP) is 4.39. The van der Waals surface area contributed by atoms with Crippen molar-refractivity contribution in [2.45, 2.75) is 23.2 Å². The summed E-state index contributed by atoms with van der Waals surface area (Å²) in [4.78, 5) is 24.9. The second kappa shape index (κ2) is 6.44. The van der Waals surface area contributed by atoms with Crippen molar-refractivity contribution >= 4 is 35.0 Å². The number of carbonyl (C=O) groups excluding carboxylic acids is 2. The van der Waals surface area contributed by atoms with E-state index >= 15 is 0 Å². The summed E-state index contributed by atoms with van der Waals surface area (Å²) in [6, 6.07) is 9.08. The third kappa shape index (κ3) is 3.79. The zero-order valence-corrected chi connectivity index (χ0v) is 13.8. The molecule has 0 saturated heterocycles. The molecule has 4 nitrogen and oxygen atoms in total. The maximum atomic E-state index is 12.5. The molecule has 1 unspecified atom stereocenters. The smallest absolute Gasteiger partial charge is 0.324 e. The van der Waals surface area contributed by atoms with E-state index in [0.717, 1.165) is 17.0 Å². The molecule has 25 heavy (non-hydrogen) atoms. The Hall–Kier alpha value is -2.48. The largest absolute Gasteiger partial charge is 0.416 e. The second-order valence-corrected chi connectivity index (χ2v) is 6.87. The normalized spacial score (nSPS) is 16.8. The highest BCUT2D eigenvalue weighted by atomic mass is 32.2. The van der Waals surface area contributed by atoms with Crippen LogP contribution in [0.2, 0.25) is 0 Å². The summed E-state index contributed by atoms with van der Waals surface area (Å²) in [7, 11) is 0. The molecule has 2 N–H and O–H groups in total. The van der Waals surface area contributed by atoms with Gasteiger partial charge in [-0.1, -0.05) is 0 Å². The van der Waals surface area contributed by atoms with Gasteiger partial charge < -0.3 is 10.6 Å². The lowest BCUT2D eigenvalue weighted by Gasteiger charge is -2.21. The molecule has 2 aromatic carbocycles. The van der Waals surface area contributed by atoms with Crippen molar-refractivity contribution in [3.05, 3.63) is 53.6 Å². The van der Waals surface area contributed by atoms with Crippen LogP contribution < -0.4 is 10.6 Å². The van der Waals surface area contributed by atoms with Gasteiger partial charge in [0.15, 0.2) is 0 Å². The fourth-order valence-corrected chi connectivity index (χ4v) is 3.23. The van der Waals surface area contributed by atoms with Crippen molar-refractivity contribution < 1.29 is 22.8 Å². The molecule has 2 aromatic rings. The first kappa shape index (κ1) is 17.3. The monoisotopic (exact) mass is 366 g/mol. The first-order chi connectivity index (χ1) is 11.7. The van der Waals surface area contributed by atoms with E-state index in [1.54, 1.807) is 25.1 Å². The molecule has 8 heteroatoms. The molecule has 0 aliphatic carbocycles. The van der Waals surface area contributed by atoms with E-state index in [-0.39, 0.29) is 16.8 Å². The van der Waals surface area contributed by atoms with Crippen molar-refractivity contribution in [2.75, 3.05) is 10.6 Å². The number of anilines is 2. The summed E-state index contributed by atoms with van der Waals surface area (Å²) in [5.74, 6) is -0.613. The highest BCUT2D eigenvalue weighted by Crippen LogP contribution is 2.36. The Balaban J connectivity index is 1.76. The molecule has 1 atom stereocenters. The Bertz CT molecular complexity index is 835. The number of thioether (sulfide) groups is 1. The summed E-state index contributed by atoms with van der Waals surface area (Å²) in [6.07, 6.45) is -4.42. The van der Waals surface area contributed by atoms with Crippen LogP contribution in [0.4, 0.5) is 24.5 Å². The third-order valence-corrected chi connectivity index (χ3v) is 4.82. The molecule has 1 heterocycles. The minimum Gasteiger partial charge on any atom is -0.324 e. The van der Waals surface area contributed by atoms with Crippen LogP contribution in [0.1, 0.15) is 22.8 Å². The van der Waals surface area contributed by atoms with Crippen LogP contribution in [0.3, 0.4) is 0 Å². The number of halogens is 3. The van der Waals surface area contributed by atoms with E-state index < -0.39 is 17.6 Å². The van der Waals surface area contributed by atoms with Gasteiger partial charge in [-0.25, -0.2) is 0 Å². The van der Waals surface area contributed by atoms with Gasteiger partial charge >= 0.3 is 6.18 Å². The number of rotatable bonds is 2. The summed E-state index contributed by atoms with van der Waals surface area (Å²) >= 11 is 1.40. The summed E-state index contributed by atoms with van der Waals surface area (Å²) in [5.41, 5.74) is 0.318. The topological polar surface area (TPSA) is 58.2 Å². The lowest BCUT2D eigenvalue weighted by atomic mass is 10.1. The molecular weight excluding hydrogens is 353 g/mol. The van der Waals surface area contributed by atoms with Crippen LogP contribution in [0.25, 0.3) is 0 Å². The molecule has 3 rings (SSSR count). The number of carbonyl (C=O) groups is 2. The first-order valence-electron chi connectivity index (χ1n) is 7.34. The van der Waals surface area contributed by atoms with Crippen molar-refractivity contribution in [1.29, 1.82) is 0 Å². The maximum Gasteiger partial charge on any atom is 0.416 e. The fraction of sp³-hybridized carbons (Fsp3) is 0.176. The van der Waals surface area contributed by atoms with E-state index in [9.17, 15) is 22.8 Å². The molecule has 0 aromatic heterocycles. The Labute approximate surface area is 145 Å². The molecule has 0 bridgehead atoms. The van der Waals surface area contributed by atoms with E-state index in [2.05, 4.69) is 10.6 Å². The molecular formula is C17H13F3N2O2S. The van der Waals surface area contributed by atoms with Gasteiger partial charge in [-0.2, -0.15) is 13.2 Å². The second-order valence-electron chi connectivity index (χ2n) is 5.49. The van der Waals surface area contributed by atoms with Crippen LogP contribution in [-0.4, -0.2) is 17.1 Å². The summed E-state index contributed by atoms with van der Waals surface area (Å²) in [6.45, 7) is 1.79. The van der Waals surface area contributed by atoms with Gasteiger partial charge in [-0.15, -0.1) is 11.8 Å². The number of nitrogens with one attached hydrogen (secondary N) is 2. The molecule has 130 valence electrons. The number of fused-ring (bicyclic) bond motifs is 1.